The Morgan fingerprint density at radius 3 is 2.59 bits per heavy atom. The highest BCUT2D eigenvalue weighted by atomic mass is 19.1. The summed E-state index contributed by atoms with van der Waals surface area (Å²) >= 11 is 0. The van der Waals surface area contributed by atoms with E-state index < -0.39 is 6.04 Å². The van der Waals surface area contributed by atoms with Crippen molar-refractivity contribution in [3.05, 3.63) is 76.1 Å². The summed E-state index contributed by atoms with van der Waals surface area (Å²) in [6, 6.07) is 14.2. The number of anilines is 1. The molecular weight excluding hydrogens is 473 g/mol. The highest BCUT2D eigenvalue weighted by molar-refractivity contribution is 5.80. The number of aromatic nitrogens is 5. The SMILES string of the molecule is COc1ccc2[nH]c(=O)c([C@@H](c3nnnn3C3CCCC3)N3CCN(c4ccccc4F)CC3)cc2c1. The Bertz CT molecular complexity index is 1450. The number of ether oxygens (including phenoxy) is 1. The van der Waals surface area contributed by atoms with E-state index in [0.29, 0.717) is 43.3 Å². The van der Waals surface area contributed by atoms with Crippen LogP contribution in [0.2, 0.25) is 0 Å². The fourth-order valence-corrected chi connectivity index (χ4v) is 5.75. The van der Waals surface area contributed by atoms with Crippen molar-refractivity contribution in [1.82, 2.24) is 30.1 Å². The van der Waals surface area contributed by atoms with Crippen molar-refractivity contribution in [3.8, 4) is 5.75 Å². The number of rotatable bonds is 6. The predicted molar refractivity (Wildman–Crippen MR) is 138 cm³/mol. The third-order valence-electron chi connectivity index (χ3n) is 7.68. The van der Waals surface area contributed by atoms with E-state index >= 15 is 0 Å². The predicted octanol–water partition coefficient (Wildman–Crippen LogP) is 3.69. The quantitative estimate of drug-likeness (QED) is 0.429. The average molecular weight is 504 g/mol. The summed E-state index contributed by atoms with van der Waals surface area (Å²) in [5.74, 6) is 1.17. The second kappa shape index (κ2) is 9.93. The third kappa shape index (κ3) is 4.46. The molecule has 10 heteroatoms. The third-order valence-corrected chi connectivity index (χ3v) is 7.68. The van der Waals surface area contributed by atoms with E-state index in [0.717, 1.165) is 42.3 Å². The van der Waals surface area contributed by atoms with Gasteiger partial charge in [-0.2, -0.15) is 0 Å². The first-order valence-electron chi connectivity index (χ1n) is 12.8. The van der Waals surface area contributed by atoms with E-state index in [4.69, 9.17) is 4.74 Å². The average Bonchev–Trinajstić information content (AvgIpc) is 3.62. The molecule has 37 heavy (non-hydrogen) atoms. The van der Waals surface area contributed by atoms with Gasteiger partial charge in [0.1, 0.15) is 17.6 Å². The first-order valence-corrected chi connectivity index (χ1v) is 12.8. The molecular formula is C27H30FN7O2. The second-order valence-corrected chi connectivity index (χ2v) is 9.80. The van der Waals surface area contributed by atoms with Gasteiger partial charge in [-0.3, -0.25) is 9.69 Å². The molecule has 0 spiro atoms. The van der Waals surface area contributed by atoms with E-state index in [9.17, 15) is 9.18 Å². The summed E-state index contributed by atoms with van der Waals surface area (Å²) < 4.78 is 21.8. The first-order chi connectivity index (χ1) is 18.1. The number of hydrogen-bond acceptors (Lipinski definition) is 7. The van der Waals surface area contributed by atoms with Gasteiger partial charge in [0, 0.05) is 42.6 Å². The Morgan fingerprint density at radius 1 is 1.05 bits per heavy atom. The number of fused-ring (bicyclic) bond motifs is 1. The van der Waals surface area contributed by atoms with Gasteiger partial charge >= 0.3 is 0 Å². The lowest BCUT2D eigenvalue weighted by atomic mass is 10.0. The number of pyridine rings is 1. The van der Waals surface area contributed by atoms with Crippen molar-refractivity contribution in [3.63, 3.8) is 0 Å². The number of methoxy groups -OCH3 is 1. The molecule has 1 N–H and O–H groups in total. The van der Waals surface area contributed by atoms with Gasteiger partial charge in [0.15, 0.2) is 5.82 Å². The zero-order valence-corrected chi connectivity index (χ0v) is 20.8. The lowest BCUT2D eigenvalue weighted by Crippen LogP contribution is -2.49. The lowest BCUT2D eigenvalue weighted by Gasteiger charge is -2.39. The Kier molecular flexibility index (Phi) is 6.33. The number of halogens is 1. The van der Waals surface area contributed by atoms with Gasteiger partial charge in [0.25, 0.3) is 5.56 Å². The lowest BCUT2D eigenvalue weighted by molar-refractivity contribution is 0.196. The normalized spacial score (nSPS) is 17.9. The number of H-pyrrole nitrogens is 1. The van der Waals surface area contributed by atoms with Crippen LogP contribution < -0.4 is 15.2 Å². The molecule has 1 aliphatic heterocycles. The Morgan fingerprint density at radius 2 is 1.84 bits per heavy atom. The molecule has 9 nitrogen and oxygen atoms in total. The van der Waals surface area contributed by atoms with Gasteiger partial charge < -0.3 is 14.6 Å². The molecule has 1 atom stereocenters. The largest absolute Gasteiger partial charge is 0.497 e. The van der Waals surface area contributed by atoms with Crippen molar-refractivity contribution in [1.29, 1.82) is 0 Å². The summed E-state index contributed by atoms with van der Waals surface area (Å²) in [7, 11) is 1.63. The first kappa shape index (κ1) is 23.6. The van der Waals surface area contributed by atoms with Crippen LogP contribution in [0.1, 0.15) is 49.2 Å². The number of benzene rings is 2. The summed E-state index contributed by atoms with van der Waals surface area (Å²) in [4.78, 5) is 20.8. The molecule has 6 rings (SSSR count). The van der Waals surface area contributed by atoms with Crippen molar-refractivity contribution in [2.75, 3.05) is 38.2 Å². The molecule has 0 bridgehead atoms. The number of hydrogen-bond donors (Lipinski definition) is 1. The molecule has 2 aromatic heterocycles. The number of piperazine rings is 1. The van der Waals surface area contributed by atoms with Crippen molar-refractivity contribution in [2.24, 2.45) is 0 Å². The molecule has 0 radical (unpaired) electrons. The second-order valence-electron chi connectivity index (χ2n) is 9.80. The topological polar surface area (TPSA) is 92.2 Å². The van der Waals surface area contributed by atoms with Gasteiger partial charge in [-0.25, -0.2) is 9.07 Å². The molecule has 2 aromatic carbocycles. The minimum atomic E-state index is -0.433. The minimum absolute atomic E-state index is 0.167. The maximum absolute atomic E-state index is 14.5. The number of tetrazole rings is 1. The maximum atomic E-state index is 14.5. The number of nitrogens with zero attached hydrogens (tertiary/aromatic N) is 6. The molecule has 2 aliphatic rings. The van der Waals surface area contributed by atoms with Crippen LogP contribution in [0, 0.1) is 5.82 Å². The fourth-order valence-electron chi connectivity index (χ4n) is 5.75. The number of aromatic amines is 1. The van der Waals surface area contributed by atoms with E-state index in [1.54, 1.807) is 13.2 Å². The van der Waals surface area contributed by atoms with E-state index in [-0.39, 0.29) is 17.4 Å². The Hall–Kier alpha value is -3.79. The van der Waals surface area contributed by atoms with Crippen molar-refractivity contribution >= 4 is 16.6 Å². The smallest absolute Gasteiger partial charge is 0.253 e. The highest BCUT2D eigenvalue weighted by Crippen LogP contribution is 2.35. The zero-order valence-electron chi connectivity index (χ0n) is 20.8. The standard InChI is InChI=1S/C27H30FN7O2/c1-37-20-10-11-23-18(16-20)17-21(27(36)29-23)25(26-30-31-32-35(26)19-6-2-3-7-19)34-14-12-33(13-15-34)24-9-5-4-8-22(24)28/h4-5,8-11,16-17,19,25H,2-3,6-7,12-15H2,1H3,(H,29,36)/t25-/m0/s1. The molecule has 0 unspecified atom stereocenters. The number of para-hydroxylation sites is 1. The maximum Gasteiger partial charge on any atom is 0.253 e. The van der Waals surface area contributed by atoms with Gasteiger partial charge in [-0.15, -0.1) is 5.10 Å². The van der Waals surface area contributed by atoms with E-state index in [2.05, 4.69) is 30.3 Å². The van der Waals surface area contributed by atoms with Gasteiger partial charge in [0.2, 0.25) is 0 Å². The van der Waals surface area contributed by atoms with Gasteiger partial charge in [-0.05, 0) is 59.7 Å². The van der Waals surface area contributed by atoms with Gasteiger partial charge in [-0.1, -0.05) is 25.0 Å². The van der Waals surface area contributed by atoms with Crippen molar-refractivity contribution in [2.45, 2.75) is 37.8 Å². The van der Waals surface area contributed by atoms with Crippen LogP contribution in [-0.4, -0.2) is 63.4 Å². The summed E-state index contributed by atoms with van der Waals surface area (Å²) in [5.41, 5.74) is 1.77. The van der Waals surface area contributed by atoms with Crippen LogP contribution in [0.15, 0.2) is 53.3 Å². The summed E-state index contributed by atoms with van der Waals surface area (Å²) in [6.45, 7) is 2.52. The molecule has 1 saturated heterocycles. The molecule has 3 heterocycles. The van der Waals surface area contributed by atoms with E-state index in [1.807, 2.05) is 41.1 Å². The number of nitrogens with one attached hydrogen (secondary N) is 1. The van der Waals surface area contributed by atoms with Crippen LogP contribution in [0.25, 0.3) is 10.9 Å². The zero-order chi connectivity index (χ0) is 25.4. The Balaban J connectivity index is 1.40. The summed E-state index contributed by atoms with van der Waals surface area (Å²) in [5, 5.41) is 13.8. The molecule has 4 aromatic rings. The van der Waals surface area contributed by atoms with Crippen molar-refractivity contribution < 1.29 is 9.13 Å². The van der Waals surface area contributed by atoms with Crippen LogP contribution >= 0.6 is 0 Å². The monoisotopic (exact) mass is 503 g/mol. The van der Waals surface area contributed by atoms with Crippen LogP contribution in [0.5, 0.6) is 5.75 Å². The van der Waals surface area contributed by atoms with Crippen LogP contribution in [-0.2, 0) is 0 Å². The summed E-state index contributed by atoms with van der Waals surface area (Å²) in [6.07, 6.45) is 4.34. The molecule has 192 valence electrons. The fraction of sp³-hybridized carbons (Fsp3) is 0.407. The minimum Gasteiger partial charge on any atom is -0.497 e. The van der Waals surface area contributed by atoms with Crippen LogP contribution in [0.4, 0.5) is 10.1 Å². The van der Waals surface area contributed by atoms with E-state index in [1.165, 1.54) is 6.07 Å². The molecule has 1 aliphatic carbocycles. The highest BCUT2D eigenvalue weighted by Gasteiger charge is 2.35. The van der Waals surface area contributed by atoms with Gasteiger partial charge in [0.05, 0.1) is 18.8 Å². The Labute approximate surface area is 213 Å². The molecule has 1 saturated carbocycles. The molecule has 2 fully saturated rings. The van der Waals surface area contributed by atoms with Crippen LogP contribution in [0.3, 0.4) is 0 Å². The molecule has 0 amide bonds.